The Balaban J connectivity index is 1.84. The van der Waals surface area contributed by atoms with Crippen molar-refractivity contribution in [3.05, 3.63) is 48.9 Å². The van der Waals surface area contributed by atoms with Crippen LogP contribution in [0.2, 0.25) is 0 Å². The quantitative estimate of drug-likeness (QED) is 0.793. The molecule has 21 heavy (non-hydrogen) atoms. The Morgan fingerprint density at radius 1 is 1.10 bits per heavy atom. The fraction of sp³-hybridized carbons (Fsp3) is 0.294. The summed E-state index contributed by atoms with van der Waals surface area (Å²) in [5.41, 5.74) is 3.01. The van der Waals surface area contributed by atoms with Gasteiger partial charge in [-0.1, -0.05) is 18.9 Å². The molecule has 0 unspecified atom stereocenters. The molecule has 1 aliphatic carbocycles. The molecule has 0 amide bonds. The monoisotopic (exact) mass is 278 g/mol. The van der Waals surface area contributed by atoms with Gasteiger partial charge in [-0.05, 0) is 37.1 Å². The standard InChI is InChI=1S/C17H18N4/c1-2-8-14(7-1)19-17-16(13-6-5-10-18-12-13)20-15-9-3-4-11-21(15)17/h3-6,9-12,14,19H,1-2,7-8H2. The number of imidazole rings is 1. The average Bonchev–Trinajstić information content (AvgIpc) is 3.17. The summed E-state index contributed by atoms with van der Waals surface area (Å²) in [4.78, 5) is 9.01. The molecule has 4 nitrogen and oxygen atoms in total. The van der Waals surface area contributed by atoms with Crippen LogP contribution in [0.15, 0.2) is 48.9 Å². The summed E-state index contributed by atoms with van der Waals surface area (Å²) in [6.07, 6.45) is 10.9. The molecular weight excluding hydrogens is 260 g/mol. The SMILES string of the molecule is c1cncc(-c2nc3ccccn3c2NC2CCCC2)c1. The molecular formula is C17H18N4. The smallest absolute Gasteiger partial charge is 0.139 e. The predicted molar refractivity (Wildman–Crippen MR) is 84.3 cm³/mol. The van der Waals surface area contributed by atoms with E-state index in [1.54, 1.807) is 6.20 Å². The van der Waals surface area contributed by atoms with Gasteiger partial charge < -0.3 is 5.32 Å². The summed E-state index contributed by atoms with van der Waals surface area (Å²) in [5.74, 6) is 1.09. The minimum Gasteiger partial charge on any atom is -0.367 e. The molecule has 0 saturated heterocycles. The molecule has 3 heterocycles. The van der Waals surface area contributed by atoms with Gasteiger partial charge in [0.05, 0.1) is 0 Å². The number of fused-ring (bicyclic) bond motifs is 1. The van der Waals surface area contributed by atoms with Crippen LogP contribution < -0.4 is 5.32 Å². The van der Waals surface area contributed by atoms with Gasteiger partial charge in [0.1, 0.15) is 17.2 Å². The minimum absolute atomic E-state index is 0.556. The van der Waals surface area contributed by atoms with E-state index in [2.05, 4.69) is 27.0 Å². The Morgan fingerprint density at radius 3 is 2.81 bits per heavy atom. The Bertz CT molecular complexity index is 742. The maximum absolute atomic E-state index is 4.79. The number of hydrogen-bond donors (Lipinski definition) is 1. The average molecular weight is 278 g/mol. The van der Waals surface area contributed by atoms with Crippen molar-refractivity contribution in [2.75, 3.05) is 5.32 Å². The molecule has 0 atom stereocenters. The summed E-state index contributed by atoms with van der Waals surface area (Å²) in [6.45, 7) is 0. The number of hydrogen-bond acceptors (Lipinski definition) is 3. The Hall–Kier alpha value is -2.36. The Morgan fingerprint density at radius 2 is 2.00 bits per heavy atom. The number of nitrogens with one attached hydrogen (secondary N) is 1. The van der Waals surface area contributed by atoms with E-state index in [0.29, 0.717) is 6.04 Å². The first-order valence-electron chi connectivity index (χ1n) is 7.56. The van der Waals surface area contributed by atoms with Gasteiger partial charge >= 0.3 is 0 Å². The van der Waals surface area contributed by atoms with Crippen LogP contribution in [-0.2, 0) is 0 Å². The van der Waals surface area contributed by atoms with Crippen molar-refractivity contribution in [1.82, 2.24) is 14.4 Å². The largest absolute Gasteiger partial charge is 0.367 e. The molecule has 1 fully saturated rings. The van der Waals surface area contributed by atoms with Gasteiger partial charge in [0.15, 0.2) is 0 Å². The lowest BCUT2D eigenvalue weighted by Crippen LogP contribution is -2.16. The summed E-state index contributed by atoms with van der Waals surface area (Å²) in [6, 6.07) is 10.7. The lowest BCUT2D eigenvalue weighted by molar-refractivity contribution is 0.749. The maximum atomic E-state index is 4.79. The van der Waals surface area contributed by atoms with Crippen LogP contribution >= 0.6 is 0 Å². The fourth-order valence-corrected chi connectivity index (χ4v) is 3.10. The lowest BCUT2D eigenvalue weighted by Gasteiger charge is -2.14. The zero-order valence-electron chi connectivity index (χ0n) is 11.9. The lowest BCUT2D eigenvalue weighted by atomic mass is 10.2. The topological polar surface area (TPSA) is 42.2 Å². The first kappa shape index (κ1) is 12.4. The highest BCUT2D eigenvalue weighted by Gasteiger charge is 2.20. The van der Waals surface area contributed by atoms with Gasteiger partial charge in [0, 0.05) is 30.2 Å². The molecule has 3 aromatic rings. The zero-order chi connectivity index (χ0) is 14.1. The third-order valence-electron chi connectivity index (χ3n) is 4.16. The van der Waals surface area contributed by atoms with Gasteiger partial charge in [-0.15, -0.1) is 0 Å². The second kappa shape index (κ2) is 5.20. The number of anilines is 1. The van der Waals surface area contributed by atoms with Crippen molar-refractivity contribution in [1.29, 1.82) is 0 Å². The normalized spacial score (nSPS) is 15.6. The third-order valence-corrected chi connectivity index (χ3v) is 4.16. The van der Waals surface area contributed by atoms with Gasteiger partial charge in [0.25, 0.3) is 0 Å². The van der Waals surface area contributed by atoms with Crippen molar-refractivity contribution in [3.63, 3.8) is 0 Å². The van der Waals surface area contributed by atoms with Crippen molar-refractivity contribution in [2.24, 2.45) is 0 Å². The van der Waals surface area contributed by atoms with Crippen LogP contribution in [0.5, 0.6) is 0 Å². The van der Waals surface area contributed by atoms with Crippen LogP contribution in [0, 0.1) is 0 Å². The van der Waals surface area contributed by atoms with Crippen molar-refractivity contribution < 1.29 is 0 Å². The highest BCUT2D eigenvalue weighted by atomic mass is 15.1. The van der Waals surface area contributed by atoms with E-state index in [4.69, 9.17) is 4.98 Å². The van der Waals surface area contributed by atoms with E-state index < -0.39 is 0 Å². The number of rotatable bonds is 3. The van der Waals surface area contributed by atoms with Crippen LogP contribution in [0.25, 0.3) is 16.9 Å². The summed E-state index contributed by atoms with van der Waals surface area (Å²) in [5, 5.41) is 3.70. The molecule has 1 N–H and O–H groups in total. The van der Waals surface area contributed by atoms with Gasteiger partial charge in [-0.2, -0.15) is 0 Å². The summed E-state index contributed by atoms with van der Waals surface area (Å²) < 4.78 is 2.14. The highest BCUT2D eigenvalue weighted by Crippen LogP contribution is 2.31. The van der Waals surface area contributed by atoms with E-state index in [0.717, 1.165) is 22.7 Å². The van der Waals surface area contributed by atoms with Crippen LogP contribution in [0.1, 0.15) is 25.7 Å². The van der Waals surface area contributed by atoms with Crippen molar-refractivity contribution in [2.45, 2.75) is 31.7 Å². The van der Waals surface area contributed by atoms with E-state index in [1.807, 2.05) is 30.5 Å². The van der Waals surface area contributed by atoms with Crippen LogP contribution in [0.3, 0.4) is 0 Å². The van der Waals surface area contributed by atoms with Crippen LogP contribution in [0.4, 0.5) is 5.82 Å². The first-order chi connectivity index (χ1) is 10.4. The number of pyridine rings is 2. The number of aromatic nitrogens is 3. The molecule has 1 saturated carbocycles. The third kappa shape index (κ3) is 2.27. The molecule has 0 aromatic carbocycles. The molecule has 0 spiro atoms. The zero-order valence-corrected chi connectivity index (χ0v) is 11.9. The van der Waals surface area contributed by atoms with E-state index in [1.165, 1.54) is 25.7 Å². The second-order valence-corrected chi connectivity index (χ2v) is 5.61. The first-order valence-corrected chi connectivity index (χ1v) is 7.56. The van der Waals surface area contributed by atoms with Crippen molar-refractivity contribution >= 4 is 11.5 Å². The molecule has 3 aromatic heterocycles. The van der Waals surface area contributed by atoms with Gasteiger partial charge in [-0.3, -0.25) is 9.38 Å². The minimum atomic E-state index is 0.556. The van der Waals surface area contributed by atoms with Gasteiger partial charge in [0.2, 0.25) is 0 Å². The summed E-state index contributed by atoms with van der Waals surface area (Å²) in [7, 11) is 0. The van der Waals surface area contributed by atoms with E-state index in [9.17, 15) is 0 Å². The second-order valence-electron chi connectivity index (χ2n) is 5.61. The van der Waals surface area contributed by atoms with Gasteiger partial charge in [-0.25, -0.2) is 4.98 Å². The Kier molecular flexibility index (Phi) is 3.07. The van der Waals surface area contributed by atoms with E-state index >= 15 is 0 Å². The van der Waals surface area contributed by atoms with E-state index in [-0.39, 0.29) is 0 Å². The molecule has 0 aliphatic heterocycles. The highest BCUT2D eigenvalue weighted by molar-refractivity contribution is 5.76. The molecule has 0 bridgehead atoms. The molecule has 106 valence electrons. The molecule has 0 radical (unpaired) electrons. The van der Waals surface area contributed by atoms with Crippen LogP contribution in [-0.4, -0.2) is 20.4 Å². The number of nitrogens with zero attached hydrogens (tertiary/aromatic N) is 3. The fourth-order valence-electron chi connectivity index (χ4n) is 3.10. The predicted octanol–water partition coefficient (Wildman–Crippen LogP) is 3.75. The molecule has 4 rings (SSSR count). The van der Waals surface area contributed by atoms with Crippen molar-refractivity contribution in [3.8, 4) is 11.3 Å². The maximum Gasteiger partial charge on any atom is 0.139 e. The molecule has 4 heteroatoms. The Labute approximate surface area is 123 Å². The molecule has 1 aliphatic rings. The summed E-state index contributed by atoms with van der Waals surface area (Å²) >= 11 is 0.